The number of halogens is 1. The average Bonchev–Trinajstić information content (AvgIpc) is 3.58. The van der Waals surface area contributed by atoms with Crippen molar-refractivity contribution >= 4 is 30.1 Å². The first-order chi connectivity index (χ1) is 17.6. The van der Waals surface area contributed by atoms with E-state index in [4.69, 9.17) is 7.85 Å². The Labute approximate surface area is 218 Å². The summed E-state index contributed by atoms with van der Waals surface area (Å²) in [6.45, 7) is 9.09. The Morgan fingerprint density at radius 3 is 2.59 bits per heavy atom. The van der Waals surface area contributed by atoms with E-state index in [0.717, 1.165) is 40.7 Å². The van der Waals surface area contributed by atoms with Gasteiger partial charge in [0.25, 0.3) is 0 Å². The molecule has 2 radical (unpaired) electrons. The number of aromatic nitrogens is 1. The third-order valence-electron chi connectivity index (χ3n) is 6.67. The third-order valence-corrected chi connectivity index (χ3v) is 6.67. The standard InChI is InChI=1S/C28H31BFN7/c1-17-11-21(12-23-25(17)32-14-18(13-31)26(23)33-16-27(2,3)4)34-28(29,19-5-7-20(30)8-6-19)24-15-37(36-35-24)22-9-10-22/h5-8,11-12,14-15,22,34-36H,9-10,16H2,1-4H3,(H,32,33). The summed E-state index contributed by atoms with van der Waals surface area (Å²) in [5, 5.41) is 19.6. The molecule has 1 aliphatic heterocycles. The maximum absolute atomic E-state index is 13.8. The summed E-state index contributed by atoms with van der Waals surface area (Å²) >= 11 is 0. The van der Waals surface area contributed by atoms with Gasteiger partial charge in [0, 0.05) is 36.1 Å². The molecule has 5 rings (SSSR count). The molecule has 37 heavy (non-hydrogen) atoms. The second kappa shape index (κ2) is 9.27. The first kappa shape index (κ1) is 24.9. The summed E-state index contributed by atoms with van der Waals surface area (Å²) in [6.07, 6.45) is 5.81. The van der Waals surface area contributed by atoms with Crippen molar-refractivity contribution in [1.29, 1.82) is 5.26 Å². The van der Waals surface area contributed by atoms with Gasteiger partial charge in [-0.3, -0.25) is 9.99 Å². The quantitative estimate of drug-likeness (QED) is 0.351. The van der Waals surface area contributed by atoms with E-state index in [2.05, 4.69) is 53.4 Å². The summed E-state index contributed by atoms with van der Waals surface area (Å²) in [4.78, 5) is 4.57. The van der Waals surface area contributed by atoms with Crippen LogP contribution in [0.5, 0.6) is 0 Å². The van der Waals surface area contributed by atoms with Gasteiger partial charge in [-0.15, -0.1) is 5.53 Å². The molecule has 1 aromatic heterocycles. The number of benzene rings is 2. The number of fused-ring (bicyclic) bond motifs is 1. The van der Waals surface area contributed by atoms with Crippen molar-refractivity contribution in [3.05, 3.63) is 77.0 Å². The van der Waals surface area contributed by atoms with Crippen molar-refractivity contribution in [2.45, 2.75) is 52.0 Å². The first-order valence-electron chi connectivity index (χ1n) is 12.5. The molecule has 0 bridgehead atoms. The fourth-order valence-corrected chi connectivity index (χ4v) is 4.49. The van der Waals surface area contributed by atoms with E-state index in [-0.39, 0.29) is 11.2 Å². The van der Waals surface area contributed by atoms with Crippen LogP contribution in [0.3, 0.4) is 0 Å². The van der Waals surface area contributed by atoms with Crippen LogP contribution in [0.2, 0.25) is 0 Å². The molecular formula is C28H31BFN7. The second-order valence-corrected chi connectivity index (χ2v) is 11.1. The molecule has 0 saturated heterocycles. The van der Waals surface area contributed by atoms with Gasteiger partial charge in [0.1, 0.15) is 19.7 Å². The van der Waals surface area contributed by atoms with Crippen molar-refractivity contribution in [2.24, 2.45) is 5.41 Å². The smallest absolute Gasteiger partial charge is 0.123 e. The fraction of sp³-hybridized carbons (Fsp3) is 0.357. The number of nitriles is 1. The first-order valence-corrected chi connectivity index (χ1v) is 12.5. The maximum atomic E-state index is 13.8. The number of pyridine rings is 1. The van der Waals surface area contributed by atoms with Crippen LogP contribution in [-0.2, 0) is 5.44 Å². The molecule has 188 valence electrons. The number of hydrazine groups is 2. The molecule has 3 aromatic rings. The van der Waals surface area contributed by atoms with Gasteiger partial charge in [-0.05, 0) is 60.6 Å². The van der Waals surface area contributed by atoms with Crippen LogP contribution in [-0.4, -0.2) is 30.4 Å². The molecule has 0 spiro atoms. The van der Waals surface area contributed by atoms with Crippen LogP contribution in [0, 0.1) is 29.5 Å². The van der Waals surface area contributed by atoms with E-state index < -0.39 is 5.44 Å². The summed E-state index contributed by atoms with van der Waals surface area (Å²) in [5.41, 5.74) is 10.3. The Bertz CT molecular complexity index is 1400. The lowest BCUT2D eigenvalue weighted by molar-refractivity contribution is 0.260. The SMILES string of the molecule is [B]C(Nc1cc(C)c2ncc(C#N)c(NCC(C)(C)C)c2c1)(C1=CN(C2CC2)NN1)c1ccc(F)cc1. The zero-order chi connectivity index (χ0) is 26.4. The van der Waals surface area contributed by atoms with E-state index in [1.807, 2.05) is 30.3 Å². The molecule has 2 aromatic carbocycles. The summed E-state index contributed by atoms with van der Waals surface area (Å²) in [6, 6.07) is 12.8. The van der Waals surface area contributed by atoms with Crippen molar-refractivity contribution < 1.29 is 4.39 Å². The Hall–Kier alpha value is -3.77. The summed E-state index contributed by atoms with van der Waals surface area (Å²) in [5.74, 6) is -0.330. The van der Waals surface area contributed by atoms with Crippen molar-refractivity contribution in [3.8, 4) is 6.07 Å². The zero-order valence-electron chi connectivity index (χ0n) is 21.6. The van der Waals surface area contributed by atoms with E-state index in [1.165, 1.54) is 12.1 Å². The number of rotatable bonds is 7. The largest absolute Gasteiger partial charge is 0.383 e. The molecule has 2 heterocycles. The molecule has 2 aliphatic rings. The normalized spacial score (nSPS) is 17.1. The van der Waals surface area contributed by atoms with Gasteiger partial charge in [-0.1, -0.05) is 32.9 Å². The highest BCUT2D eigenvalue weighted by Crippen LogP contribution is 2.37. The van der Waals surface area contributed by atoms with Crippen LogP contribution in [0.15, 0.2) is 54.5 Å². The second-order valence-electron chi connectivity index (χ2n) is 11.1. The number of aryl methyl sites for hydroxylation is 1. The number of anilines is 2. The monoisotopic (exact) mass is 495 g/mol. The highest BCUT2D eigenvalue weighted by Gasteiger charge is 2.37. The molecule has 1 atom stereocenters. The minimum atomic E-state index is -1.19. The van der Waals surface area contributed by atoms with E-state index >= 15 is 0 Å². The van der Waals surface area contributed by atoms with Gasteiger partial charge in [0.05, 0.1) is 27.9 Å². The van der Waals surface area contributed by atoms with Gasteiger partial charge in [0.15, 0.2) is 0 Å². The minimum absolute atomic E-state index is 0.0171. The van der Waals surface area contributed by atoms with Gasteiger partial charge >= 0.3 is 0 Å². The maximum Gasteiger partial charge on any atom is 0.123 e. The van der Waals surface area contributed by atoms with Gasteiger partial charge in [-0.25, -0.2) is 4.39 Å². The predicted octanol–water partition coefficient (Wildman–Crippen LogP) is 4.77. The summed E-state index contributed by atoms with van der Waals surface area (Å²) < 4.78 is 13.8. The summed E-state index contributed by atoms with van der Waals surface area (Å²) in [7, 11) is 7.08. The van der Waals surface area contributed by atoms with E-state index in [9.17, 15) is 9.65 Å². The van der Waals surface area contributed by atoms with Gasteiger partial charge in [0.2, 0.25) is 0 Å². The zero-order valence-corrected chi connectivity index (χ0v) is 21.6. The molecule has 1 fully saturated rings. The minimum Gasteiger partial charge on any atom is -0.383 e. The lowest BCUT2D eigenvalue weighted by Crippen LogP contribution is -2.45. The number of hydrogen-bond donors (Lipinski definition) is 4. The Balaban J connectivity index is 1.60. The van der Waals surface area contributed by atoms with Gasteiger partial charge < -0.3 is 16.1 Å². The van der Waals surface area contributed by atoms with E-state index in [1.54, 1.807) is 18.3 Å². The van der Waals surface area contributed by atoms with Crippen LogP contribution >= 0.6 is 0 Å². The molecule has 1 unspecified atom stereocenters. The number of nitrogens with one attached hydrogen (secondary N) is 4. The molecule has 0 amide bonds. The van der Waals surface area contributed by atoms with Crippen LogP contribution in [0.25, 0.3) is 10.9 Å². The van der Waals surface area contributed by atoms with Crippen molar-refractivity contribution in [3.63, 3.8) is 0 Å². The molecular weight excluding hydrogens is 464 g/mol. The van der Waals surface area contributed by atoms with Crippen molar-refractivity contribution in [2.75, 3.05) is 17.2 Å². The van der Waals surface area contributed by atoms with Crippen LogP contribution in [0.1, 0.15) is 50.3 Å². The lowest BCUT2D eigenvalue weighted by Gasteiger charge is -2.34. The molecule has 7 nitrogen and oxygen atoms in total. The van der Waals surface area contributed by atoms with Crippen LogP contribution in [0.4, 0.5) is 15.8 Å². The average molecular weight is 495 g/mol. The van der Waals surface area contributed by atoms with Crippen molar-refractivity contribution in [1.82, 2.24) is 21.0 Å². The third kappa shape index (κ3) is 5.07. The topological polar surface area (TPSA) is 88.0 Å². The number of nitrogens with zero attached hydrogens (tertiary/aromatic N) is 3. The van der Waals surface area contributed by atoms with E-state index in [0.29, 0.717) is 29.4 Å². The molecule has 1 aliphatic carbocycles. The lowest BCUT2D eigenvalue weighted by atomic mass is 9.69. The Kier molecular flexibility index (Phi) is 6.24. The molecule has 9 heteroatoms. The Morgan fingerprint density at radius 2 is 1.95 bits per heavy atom. The van der Waals surface area contributed by atoms with Crippen LogP contribution < -0.4 is 21.6 Å². The van der Waals surface area contributed by atoms with Gasteiger partial charge in [-0.2, -0.15) is 5.26 Å². The predicted molar refractivity (Wildman–Crippen MR) is 146 cm³/mol. The Morgan fingerprint density at radius 1 is 1.22 bits per heavy atom. The fourth-order valence-electron chi connectivity index (χ4n) is 4.49. The number of hydrogen-bond acceptors (Lipinski definition) is 7. The molecule has 4 N–H and O–H groups in total. The molecule has 1 saturated carbocycles. The highest BCUT2D eigenvalue weighted by atomic mass is 19.1. The highest BCUT2D eigenvalue weighted by molar-refractivity contribution is 6.19.